The highest BCUT2D eigenvalue weighted by Crippen LogP contribution is 2.28. The third-order valence-corrected chi connectivity index (χ3v) is 5.98. The van der Waals surface area contributed by atoms with Gasteiger partial charge in [-0.2, -0.15) is 0 Å². The second kappa shape index (κ2) is 13.3. The number of carbonyl (C=O) groups excluding carboxylic acids is 2. The molecular formula is C28H34N2O5. The van der Waals surface area contributed by atoms with Gasteiger partial charge in [-0.15, -0.1) is 6.58 Å². The molecule has 3 rings (SSSR count). The Bertz CT molecular complexity index is 1020. The van der Waals surface area contributed by atoms with Gasteiger partial charge in [0.15, 0.2) is 0 Å². The Morgan fingerprint density at radius 1 is 1.00 bits per heavy atom. The Morgan fingerprint density at radius 3 is 2.43 bits per heavy atom. The summed E-state index contributed by atoms with van der Waals surface area (Å²) < 4.78 is 16.6. The summed E-state index contributed by atoms with van der Waals surface area (Å²) in [5, 5.41) is 0. The molecule has 1 saturated carbocycles. The number of esters is 2. The van der Waals surface area contributed by atoms with Crippen LogP contribution in [-0.4, -0.2) is 31.3 Å². The monoisotopic (exact) mass is 478 g/mol. The Hall–Kier alpha value is -3.58. The van der Waals surface area contributed by atoms with E-state index in [0.717, 1.165) is 43.2 Å². The first-order chi connectivity index (χ1) is 16.9. The van der Waals surface area contributed by atoms with E-state index in [-0.39, 0.29) is 24.6 Å². The van der Waals surface area contributed by atoms with E-state index in [9.17, 15) is 9.59 Å². The lowest BCUT2D eigenvalue weighted by Gasteiger charge is -2.27. The van der Waals surface area contributed by atoms with Gasteiger partial charge in [0.05, 0.1) is 25.2 Å². The lowest BCUT2D eigenvalue weighted by atomic mass is 9.87. The molecule has 0 heterocycles. The first-order valence-electron chi connectivity index (χ1n) is 12.0. The van der Waals surface area contributed by atoms with Gasteiger partial charge in [-0.25, -0.2) is 4.79 Å². The molecule has 1 fully saturated rings. The molecule has 0 saturated heterocycles. The first-order valence-corrected chi connectivity index (χ1v) is 12.0. The zero-order valence-corrected chi connectivity index (χ0v) is 20.0. The average molecular weight is 479 g/mol. The molecule has 0 unspecified atom stereocenters. The smallest absolute Gasteiger partial charge is 0.330 e. The highest BCUT2D eigenvalue weighted by Gasteiger charge is 2.28. The molecule has 7 heteroatoms. The minimum Gasteiger partial charge on any atom is -0.462 e. The molecule has 2 aromatic rings. The third kappa shape index (κ3) is 8.61. The third-order valence-electron chi connectivity index (χ3n) is 5.98. The molecule has 0 aromatic heterocycles. The van der Waals surface area contributed by atoms with Crippen molar-refractivity contribution >= 4 is 29.4 Å². The number of hydrogen-bond donors (Lipinski definition) is 2. The van der Waals surface area contributed by atoms with Crippen LogP contribution in [0.1, 0.15) is 43.2 Å². The number of nitrogen functional groups attached to an aromatic ring is 2. The maximum absolute atomic E-state index is 12.5. The van der Waals surface area contributed by atoms with Crippen LogP contribution in [0.2, 0.25) is 0 Å². The van der Waals surface area contributed by atoms with Gasteiger partial charge in [-0.05, 0) is 73.6 Å². The van der Waals surface area contributed by atoms with Gasteiger partial charge in [-0.1, -0.05) is 24.3 Å². The van der Waals surface area contributed by atoms with Crippen LogP contribution >= 0.6 is 0 Å². The molecule has 0 aliphatic heterocycles. The summed E-state index contributed by atoms with van der Waals surface area (Å²) in [5.74, 6) is -0.269. The van der Waals surface area contributed by atoms with E-state index in [1.807, 2.05) is 12.1 Å². The van der Waals surface area contributed by atoms with Crippen LogP contribution in [0.15, 0.2) is 61.2 Å². The molecule has 1 aliphatic carbocycles. The normalized spacial score (nSPS) is 17.7. The number of carbonyl (C=O) groups is 2. The SMILES string of the molecule is C=CCCOC1CCC(C(=O)Oc2ccc(C=CC(=O)OCCc3ccc(N)cc3N)cc2)CC1. The van der Waals surface area contributed by atoms with Crippen molar-refractivity contribution < 1.29 is 23.8 Å². The maximum Gasteiger partial charge on any atom is 0.330 e. The van der Waals surface area contributed by atoms with Crippen molar-refractivity contribution in [1.82, 2.24) is 0 Å². The summed E-state index contributed by atoms with van der Waals surface area (Å²) in [4.78, 5) is 24.5. The highest BCUT2D eigenvalue weighted by molar-refractivity contribution is 5.87. The van der Waals surface area contributed by atoms with Crippen LogP contribution in [0.25, 0.3) is 6.08 Å². The molecular weight excluding hydrogens is 444 g/mol. The molecule has 0 bridgehead atoms. The molecule has 1 aliphatic rings. The van der Waals surface area contributed by atoms with Crippen LogP contribution in [0.4, 0.5) is 11.4 Å². The molecule has 0 amide bonds. The largest absolute Gasteiger partial charge is 0.462 e. The maximum atomic E-state index is 12.5. The predicted octanol–water partition coefficient (Wildman–Crippen LogP) is 4.71. The van der Waals surface area contributed by atoms with Crippen LogP contribution in [0, 0.1) is 5.92 Å². The van der Waals surface area contributed by atoms with Crippen molar-refractivity contribution in [1.29, 1.82) is 0 Å². The van der Waals surface area contributed by atoms with Crippen molar-refractivity contribution in [3.63, 3.8) is 0 Å². The second-order valence-electron chi connectivity index (χ2n) is 8.62. The minimum atomic E-state index is -0.446. The Kier molecular flexibility index (Phi) is 9.93. The average Bonchev–Trinajstić information content (AvgIpc) is 2.85. The van der Waals surface area contributed by atoms with Crippen molar-refractivity contribution in [2.45, 2.75) is 44.6 Å². The molecule has 7 nitrogen and oxygen atoms in total. The number of hydrogen-bond acceptors (Lipinski definition) is 7. The molecule has 35 heavy (non-hydrogen) atoms. The van der Waals surface area contributed by atoms with Gasteiger partial charge < -0.3 is 25.7 Å². The van der Waals surface area contributed by atoms with Crippen LogP contribution < -0.4 is 16.2 Å². The van der Waals surface area contributed by atoms with E-state index >= 15 is 0 Å². The summed E-state index contributed by atoms with van der Waals surface area (Å²) in [6.45, 7) is 4.59. The first kappa shape index (κ1) is 26.0. The van der Waals surface area contributed by atoms with E-state index in [2.05, 4.69) is 6.58 Å². The van der Waals surface area contributed by atoms with Gasteiger partial charge in [0.25, 0.3) is 0 Å². The fourth-order valence-electron chi connectivity index (χ4n) is 3.94. The Morgan fingerprint density at radius 2 is 1.74 bits per heavy atom. The molecule has 0 spiro atoms. The van der Waals surface area contributed by atoms with Gasteiger partial charge in [0.1, 0.15) is 5.75 Å². The summed E-state index contributed by atoms with van der Waals surface area (Å²) in [6, 6.07) is 12.3. The van der Waals surface area contributed by atoms with E-state index < -0.39 is 5.97 Å². The van der Waals surface area contributed by atoms with Gasteiger partial charge in [0, 0.05) is 23.9 Å². The van der Waals surface area contributed by atoms with Crippen molar-refractivity contribution in [3.05, 3.63) is 72.3 Å². The lowest BCUT2D eigenvalue weighted by molar-refractivity contribution is -0.141. The predicted molar refractivity (Wildman–Crippen MR) is 138 cm³/mol. The Balaban J connectivity index is 1.38. The quantitative estimate of drug-likeness (QED) is 0.120. The lowest BCUT2D eigenvalue weighted by Crippen LogP contribution is -2.29. The second-order valence-corrected chi connectivity index (χ2v) is 8.62. The zero-order chi connectivity index (χ0) is 25.0. The van der Waals surface area contributed by atoms with Crippen LogP contribution in [0.3, 0.4) is 0 Å². The molecule has 2 aromatic carbocycles. The van der Waals surface area contributed by atoms with Crippen LogP contribution in [-0.2, 0) is 25.5 Å². The summed E-state index contributed by atoms with van der Waals surface area (Å²) in [5.41, 5.74) is 14.4. The zero-order valence-electron chi connectivity index (χ0n) is 20.0. The number of rotatable bonds is 11. The number of anilines is 2. The van der Waals surface area contributed by atoms with E-state index in [1.54, 1.807) is 42.5 Å². The molecule has 0 atom stereocenters. The number of nitrogens with two attached hydrogens (primary N) is 2. The summed E-state index contributed by atoms with van der Waals surface area (Å²) in [7, 11) is 0. The molecule has 4 N–H and O–H groups in total. The van der Waals surface area contributed by atoms with Gasteiger partial charge in [0.2, 0.25) is 0 Å². The highest BCUT2D eigenvalue weighted by atomic mass is 16.5. The van der Waals surface area contributed by atoms with Crippen molar-refractivity contribution in [3.8, 4) is 5.75 Å². The fourth-order valence-corrected chi connectivity index (χ4v) is 3.94. The van der Waals surface area contributed by atoms with E-state index in [0.29, 0.717) is 30.2 Å². The molecule has 186 valence electrons. The minimum absolute atomic E-state index is 0.104. The summed E-state index contributed by atoms with van der Waals surface area (Å²) in [6.07, 6.45) is 9.70. The number of ether oxygens (including phenoxy) is 3. The standard InChI is InChI=1S/C28H34N2O5/c1-2-3-17-33-24-13-8-22(9-14-24)28(32)35-25-11-4-20(5-12-25)6-15-27(31)34-18-16-21-7-10-23(29)19-26(21)30/h2,4-7,10-12,15,19,22,24H,1,3,8-9,13-14,16-18,29-30H2. The van der Waals surface area contributed by atoms with Crippen molar-refractivity contribution in [2.24, 2.45) is 5.92 Å². The summed E-state index contributed by atoms with van der Waals surface area (Å²) >= 11 is 0. The van der Waals surface area contributed by atoms with Crippen LogP contribution in [0.5, 0.6) is 5.75 Å². The fraction of sp³-hybridized carbons (Fsp3) is 0.357. The number of benzene rings is 2. The van der Waals surface area contributed by atoms with E-state index in [4.69, 9.17) is 25.7 Å². The topological polar surface area (TPSA) is 114 Å². The molecule has 0 radical (unpaired) electrons. The Labute approximate surface area is 206 Å². The van der Waals surface area contributed by atoms with E-state index in [1.165, 1.54) is 6.08 Å². The van der Waals surface area contributed by atoms with Crippen molar-refractivity contribution in [2.75, 3.05) is 24.7 Å². The van der Waals surface area contributed by atoms with Gasteiger partial charge in [-0.3, -0.25) is 4.79 Å². The van der Waals surface area contributed by atoms with Gasteiger partial charge >= 0.3 is 11.9 Å².